The van der Waals surface area contributed by atoms with Crippen molar-refractivity contribution in [1.82, 2.24) is 0 Å². The molecule has 0 heterocycles. The first-order valence-electron chi connectivity index (χ1n) is 6.10. The van der Waals surface area contributed by atoms with Crippen LogP contribution in [0.2, 0.25) is 5.02 Å². The van der Waals surface area contributed by atoms with Gasteiger partial charge < -0.3 is 14.6 Å². The van der Waals surface area contributed by atoms with E-state index in [9.17, 15) is 9.18 Å². The van der Waals surface area contributed by atoms with Crippen molar-refractivity contribution in [3.05, 3.63) is 55.9 Å². The molecular weight excluding hydrogens is 426 g/mol. The minimum atomic E-state index is -1.07. The zero-order valence-corrected chi connectivity index (χ0v) is 14.3. The van der Waals surface area contributed by atoms with Gasteiger partial charge in [0.25, 0.3) is 0 Å². The van der Waals surface area contributed by atoms with Crippen LogP contribution in [0.3, 0.4) is 0 Å². The lowest BCUT2D eigenvalue weighted by atomic mass is 10.2. The number of hydrogen-bond donors (Lipinski definition) is 1. The molecule has 0 aliphatic heterocycles. The molecule has 0 atom stereocenters. The van der Waals surface area contributed by atoms with Gasteiger partial charge in [-0.1, -0.05) is 17.7 Å². The van der Waals surface area contributed by atoms with Gasteiger partial charge in [-0.3, -0.25) is 0 Å². The first-order valence-corrected chi connectivity index (χ1v) is 7.56. The highest BCUT2D eigenvalue weighted by Gasteiger charge is 2.16. The largest absolute Gasteiger partial charge is 0.493 e. The topological polar surface area (TPSA) is 55.8 Å². The number of aromatic carboxylic acids is 1. The Balaban J connectivity index is 2.32. The summed E-state index contributed by atoms with van der Waals surface area (Å²) >= 11 is 7.88. The normalized spacial score (nSPS) is 10.4. The van der Waals surface area contributed by atoms with E-state index in [4.69, 9.17) is 26.2 Å². The maximum Gasteiger partial charge on any atom is 0.335 e. The maximum absolute atomic E-state index is 13.7. The van der Waals surface area contributed by atoms with E-state index in [1.165, 1.54) is 31.4 Å². The molecule has 0 unspecified atom stereocenters. The number of carbonyl (C=O) groups is 1. The average molecular weight is 437 g/mol. The molecule has 116 valence electrons. The van der Waals surface area contributed by atoms with Crippen LogP contribution < -0.4 is 9.47 Å². The van der Waals surface area contributed by atoms with Crippen LogP contribution >= 0.6 is 34.2 Å². The van der Waals surface area contributed by atoms with E-state index in [1.54, 1.807) is 6.07 Å². The van der Waals surface area contributed by atoms with E-state index in [0.29, 0.717) is 9.32 Å². The molecular formula is C15H11ClFIO4. The first kappa shape index (κ1) is 16.8. The second-order valence-corrected chi connectivity index (χ2v) is 5.85. The second-order valence-electron chi connectivity index (χ2n) is 4.28. The minimum absolute atomic E-state index is 0.0810. The molecule has 0 spiro atoms. The monoisotopic (exact) mass is 436 g/mol. The van der Waals surface area contributed by atoms with Crippen LogP contribution in [0.15, 0.2) is 30.3 Å². The Kier molecular flexibility index (Phi) is 5.47. The van der Waals surface area contributed by atoms with Gasteiger partial charge in [0, 0.05) is 5.56 Å². The third-order valence-electron chi connectivity index (χ3n) is 2.90. The fraction of sp³-hybridized carbons (Fsp3) is 0.133. The molecule has 7 heteroatoms. The van der Waals surface area contributed by atoms with Crippen LogP contribution in [0, 0.1) is 9.39 Å². The summed E-state index contributed by atoms with van der Waals surface area (Å²) in [5, 5.41) is 9.29. The van der Waals surface area contributed by atoms with Crippen LogP contribution in [-0.2, 0) is 6.61 Å². The quantitative estimate of drug-likeness (QED) is 0.707. The van der Waals surface area contributed by atoms with E-state index < -0.39 is 11.8 Å². The summed E-state index contributed by atoms with van der Waals surface area (Å²) in [4.78, 5) is 11.0. The predicted octanol–water partition coefficient (Wildman–Crippen LogP) is 4.37. The number of rotatable bonds is 5. The van der Waals surface area contributed by atoms with Gasteiger partial charge in [-0.15, -0.1) is 0 Å². The fourth-order valence-electron chi connectivity index (χ4n) is 1.80. The van der Waals surface area contributed by atoms with Gasteiger partial charge in [-0.05, 0) is 46.9 Å². The Morgan fingerprint density at radius 2 is 2.14 bits per heavy atom. The van der Waals surface area contributed by atoms with E-state index in [0.717, 1.165) is 0 Å². The summed E-state index contributed by atoms with van der Waals surface area (Å²) in [5.74, 6) is -0.937. The van der Waals surface area contributed by atoms with E-state index in [2.05, 4.69) is 0 Å². The zero-order valence-electron chi connectivity index (χ0n) is 11.4. The SMILES string of the molecule is COc1cc(C(=O)O)cc(I)c1OCc1c(F)cccc1Cl. The predicted molar refractivity (Wildman–Crippen MR) is 88.4 cm³/mol. The minimum Gasteiger partial charge on any atom is -0.493 e. The number of methoxy groups -OCH3 is 1. The van der Waals surface area contributed by atoms with Crippen LogP contribution in [0.1, 0.15) is 15.9 Å². The molecule has 1 N–H and O–H groups in total. The molecule has 22 heavy (non-hydrogen) atoms. The lowest BCUT2D eigenvalue weighted by molar-refractivity contribution is 0.0696. The Hall–Kier alpha value is -1.54. The van der Waals surface area contributed by atoms with Crippen LogP contribution in [-0.4, -0.2) is 18.2 Å². The van der Waals surface area contributed by atoms with Crippen LogP contribution in [0.25, 0.3) is 0 Å². The number of halogens is 3. The van der Waals surface area contributed by atoms with Crippen molar-refractivity contribution >= 4 is 40.2 Å². The van der Waals surface area contributed by atoms with Crippen molar-refractivity contribution in [2.24, 2.45) is 0 Å². The number of carboxylic acid groups (broad SMARTS) is 1. The number of benzene rings is 2. The van der Waals surface area contributed by atoms with Crippen molar-refractivity contribution in [3.8, 4) is 11.5 Å². The van der Waals surface area contributed by atoms with Gasteiger partial charge in [0.2, 0.25) is 0 Å². The Bertz CT molecular complexity index is 701. The highest BCUT2D eigenvalue weighted by molar-refractivity contribution is 14.1. The van der Waals surface area contributed by atoms with Crippen molar-refractivity contribution in [2.75, 3.05) is 7.11 Å². The number of carboxylic acids is 1. The van der Waals surface area contributed by atoms with E-state index in [-0.39, 0.29) is 28.5 Å². The Morgan fingerprint density at radius 3 is 2.73 bits per heavy atom. The third-order valence-corrected chi connectivity index (χ3v) is 4.05. The second kappa shape index (κ2) is 7.15. The molecule has 0 aliphatic carbocycles. The molecule has 2 rings (SSSR count). The first-order chi connectivity index (χ1) is 10.4. The Morgan fingerprint density at radius 1 is 1.41 bits per heavy atom. The summed E-state index contributed by atoms with van der Waals surface area (Å²) in [6.07, 6.45) is 0. The summed E-state index contributed by atoms with van der Waals surface area (Å²) < 4.78 is 25.0. The van der Waals surface area contributed by atoms with Gasteiger partial charge >= 0.3 is 5.97 Å². The van der Waals surface area contributed by atoms with Gasteiger partial charge in [0.05, 0.1) is 21.3 Å². The lowest BCUT2D eigenvalue weighted by Crippen LogP contribution is -2.04. The molecule has 0 saturated carbocycles. The fourth-order valence-corrected chi connectivity index (χ4v) is 2.77. The molecule has 0 bridgehead atoms. The van der Waals surface area contributed by atoms with Crippen molar-refractivity contribution in [2.45, 2.75) is 6.61 Å². The van der Waals surface area contributed by atoms with Crippen LogP contribution in [0.4, 0.5) is 4.39 Å². The molecule has 4 nitrogen and oxygen atoms in total. The van der Waals surface area contributed by atoms with Crippen molar-refractivity contribution < 1.29 is 23.8 Å². The summed E-state index contributed by atoms with van der Waals surface area (Å²) in [7, 11) is 1.40. The van der Waals surface area contributed by atoms with E-state index >= 15 is 0 Å². The summed E-state index contributed by atoms with van der Waals surface area (Å²) in [6, 6.07) is 7.17. The maximum atomic E-state index is 13.7. The standard InChI is InChI=1S/C15H11ClFIO4/c1-21-13-6-8(15(19)20)5-12(18)14(13)22-7-9-10(16)3-2-4-11(9)17/h2-6H,7H2,1H3,(H,19,20). The van der Waals surface area contributed by atoms with Gasteiger partial charge in [0.15, 0.2) is 11.5 Å². The lowest BCUT2D eigenvalue weighted by Gasteiger charge is -2.14. The number of ether oxygens (including phenoxy) is 2. The molecule has 0 fully saturated rings. The molecule has 0 radical (unpaired) electrons. The molecule has 0 aliphatic rings. The molecule has 2 aromatic rings. The smallest absolute Gasteiger partial charge is 0.335 e. The highest BCUT2D eigenvalue weighted by Crippen LogP contribution is 2.35. The van der Waals surface area contributed by atoms with Crippen molar-refractivity contribution in [3.63, 3.8) is 0 Å². The van der Waals surface area contributed by atoms with Gasteiger partial charge in [-0.2, -0.15) is 0 Å². The number of hydrogen-bond acceptors (Lipinski definition) is 3. The van der Waals surface area contributed by atoms with Gasteiger partial charge in [-0.25, -0.2) is 9.18 Å². The highest BCUT2D eigenvalue weighted by atomic mass is 127. The van der Waals surface area contributed by atoms with E-state index in [1.807, 2.05) is 22.6 Å². The third kappa shape index (κ3) is 3.61. The van der Waals surface area contributed by atoms with Crippen LogP contribution in [0.5, 0.6) is 11.5 Å². The molecule has 2 aromatic carbocycles. The molecule has 0 saturated heterocycles. The zero-order chi connectivity index (χ0) is 16.3. The average Bonchev–Trinajstić information content (AvgIpc) is 2.47. The van der Waals surface area contributed by atoms with Gasteiger partial charge in [0.1, 0.15) is 12.4 Å². The molecule has 0 amide bonds. The molecule has 0 aromatic heterocycles. The van der Waals surface area contributed by atoms with Crippen molar-refractivity contribution in [1.29, 1.82) is 0 Å². The summed E-state index contributed by atoms with van der Waals surface area (Å²) in [5.41, 5.74) is 0.307. The Labute approximate surface area is 144 Å². The summed E-state index contributed by atoms with van der Waals surface area (Å²) in [6.45, 7) is -0.0930.